The molecule has 1 fully saturated rings. The molecule has 3 atom stereocenters. The molecule has 0 spiro atoms. The van der Waals surface area contributed by atoms with Gasteiger partial charge in [0, 0.05) is 0 Å². The predicted octanol–water partition coefficient (Wildman–Crippen LogP) is 3.18. The van der Waals surface area contributed by atoms with Crippen LogP contribution < -0.4 is 15.2 Å². The summed E-state index contributed by atoms with van der Waals surface area (Å²) in [6.45, 7) is 3.10. The van der Waals surface area contributed by atoms with Gasteiger partial charge >= 0.3 is 0 Å². The third kappa shape index (κ3) is 3.03. The molecule has 0 bridgehead atoms. The molecule has 106 valence electrons. The van der Waals surface area contributed by atoms with Gasteiger partial charge in [-0.15, -0.1) is 0 Å². The maximum atomic E-state index is 5.95. The highest BCUT2D eigenvalue weighted by atomic mass is 16.5. The van der Waals surface area contributed by atoms with E-state index in [4.69, 9.17) is 15.2 Å². The fourth-order valence-electron chi connectivity index (χ4n) is 3.22. The fraction of sp³-hybridized carbons (Fsp3) is 0.625. The van der Waals surface area contributed by atoms with Gasteiger partial charge in [0.15, 0.2) is 11.5 Å². The molecule has 0 amide bonds. The molecule has 3 heteroatoms. The molecule has 1 aliphatic carbocycles. The lowest BCUT2D eigenvalue weighted by Crippen LogP contribution is -2.28. The van der Waals surface area contributed by atoms with Gasteiger partial charge in [0.05, 0.1) is 14.2 Å². The lowest BCUT2D eigenvalue weighted by Gasteiger charge is -2.34. The summed E-state index contributed by atoms with van der Waals surface area (Å²) in [5.41, 5.74) is 7.28. The number of nitrogens with two attached hydrogens (primary N) is 1. The molecule has 2 rings (SSSR count). The molecule has 19 heavy (non-hydrogen) atoms. The predicted molar refractivity (Wildman–Crippen MR) is 77.8 cm³/mol. The lowest BCUT2D eigenvalue weighted by molar-refractivity contribution is 0.253. The Kier molecular flexibility index (Phi) is 4.70. The Balaban J connectivity index is 2.28. The number of hydrogen-bond acceptors (Lipinski definition) is 3. The van der Waals surface area contributed by atoms with Crippen LogP contribution in [0.2, 0.25) is 0 Å². The Labute approximate surface area is 116 Å². The van der Waals surface area contributed by atoms with E-state index in [0.717, 1.165) is 24.0 Å². The maximum absolute atomic E-state index is 5.95. The Morgan fingerprint density at radius 2 is 1.89 bits per heavy atom. The molecule has 0 saturated heterocycles. The summed E-state index contributed by atoms with van der Waals surface area (Å²) >= 11 is 0. The van der Waals surface area contributed by atoms with E-state index in [1.807, 2.05) is 6.07 Å². The van der Waals surface area contributed by atoms with Gasteiger partial charge in [-0.25, -0.2) is 0 Å². The number of rotatable bonds is 4. The second-order valence-corrected chi connectivity index (χ2v) is 5.63. The van der Waals surface area contributed by atoms with E-state index < -0.39 is 0 Å². The summed E-state index contributed by atoms with van der Waals surface area (Å²) in [5, 5.41) is 0. The van der Waals surface area contributed by atoms with Crippen LogP contribution in [-0.4, -0.2) is 20.8 Å². The second-order valence-electron chi connectivity index (χ2n) is 5.63. The van der Waals surface area contributed by atoms with Crippen molar-refractivity contribution in [2.75, 3.05) is 20.8 Å². The smallest absolute Gasteiger partial charge is 0.160 e. The fourth-order valence-corrected chi connectivity index (χ4v) is 3.22. The van der Waals surface area contributed by atoms with E-state index in [0.29, 0.717) is 11.8 Å². The molecule has 0 heterocycles. The highest BCUT2D eigenvalue weighted by molar-refractivity contribution is 5.44. The molecule has 3 unspecified atom stereocenters. The highest BCUT2D eigenvalue weighted by Crippen LogP contribution is 2.42. The monoisotopic (exact) mass is 263 g/mol. The summed E-state index contributed by atoms with van der Waals surface area (Å²) in [4.78, 5) is 0. The number of methoxy groups -OCH3 is 2. The van der Waals surface area contributed by atoms with Crippen molar-refractivity contribution in [2.45, 2.75) is 32.1 Å². The van der Waals surface area contributed by atoms with Crippen molar-refractivity contribution < 1.29 is 9.47 Å². The van der Waals surface area contributed by atoms with Crippen LogP contribution in [0.5, 0.6) is 11.5 Å². The van der Waals surface area contributed by atoms with E-state index in [-0.39, 0.29) is 0 Å². The molecule has 3 nitrogen and oxygen atoms in total. The van der Waals surface area contributed by atoms with Gasteiger partial charge in [0.25, 0.3) is 0 Å². The average molecular weight is 263 g/mol. The quantitative estimate of drug-likeness (QED) is 0.907. The zero-order chi connectivity index (χ0) is 13.8. The summed E-state index contributed by atoms with van der Waals surface area (Å²) in [6.07, 6.45) is 3.75. The van der Waals surface area contributed by atoms with Crippen molar-refractivity contribution in [3.8, 4) is 11.5 Å². The Bertz CT molecular complexity index is 419. The molecular weight excluding hydrogens is 238 g/mol. The summed E-state index contributed by atoms with van der Waals surface area (Å²) in [5.74, 6) is 3.53. The summed E-state index contributed by atoms with van der Waals surface area (Å²) in [7, 11) is 3.36. The van der Waals surface area contributed by atoms with Gasteiger partial charge in [0.1, 0.15) is 0 Å². The minimum absolute atomic E-state index is 0.550. The first-order valence-electron chi connectivity index (χ1n) is 7.11. The standard InChI is InChI=1S/C16H25NO2/c1-11-4-5-13(10-17)14(8-11)12-6-7-15(18-2)16(9-12)19-3/h6-7,9,11,13-14H,4-5,8,10,17H2,1-3H3. The highest BCUT2D eigenvalue weighted by Gasteiger charge is 2.29. The molecule has 1 aromatic rings. The van der Waals surface area contributed by atoms with Gasteiger partial charge in [-0.3, -0.25) is 0 Å². The maximum Gasteiger partial charge on any atom is 0.160 e. The van der Waals surface area contributed by atoms with Crippen LogP contribution in [0.3, 0.4) is 0 Å². The zero-order valence-electron chi connectivity index (χ0n) is 12.2. The van der Waals surface area contributed by atoms with Gasteiger partial charge in [-0.1, -0.05) is 19.4 Å². The second kappa shape index (κ2) is 6.29. The van der Waals surface area contributed by atoms with Crippen molar-refractivity contribution >= 4 is 0 Å². The van der Waals surface area contributed by atoms with Crippen molar-refractivity contribution in [1.82, 2.24) is 0 Å². The van der Waals surface area contributed by atoms with Crippen LogP contribution >= 0.6 is 0 Å². The Hall–Kier alpha value is -1.22. The minimum atomic E-state index is 0.550. The molecular formula is C16H25NO2. The van der Waals surface area contributed by atoms with Crippen LogP contribution in [0.4, 0.5) is 0 Å². The molecule has 0 radical (unpaired) electrons. The molecule has 1 saturated carbocycles. The van der Waals surface area contributed by atoms with E-state index in [1.54, 1.807) is 14.2 Å². The SMILES string of the molecule is COc1ccc(C2CC(C)CCC2CN)cc1OC. The van der Waals surface area contributed by atoms with Crippen molar-refractivity contribution in [2.24, 2.45) is 17.6 Å². The molecule has 0 aromatic heterocycles. The van der Waals surface area contributed by atoms with E-state index in [9.17, 15) is 0 Å². The van der Waals surface area contributed by atoms with Crippen molar-refractivity contribution in [3.05, 3.63) is 23.8 Å². The Morgan fingerprint density at radius 1 is 1.16 bits per heavy atom. The third-order valence-corrected chi connectivity index (χ3v) is 4.39. The van der Waals surface area contributed by atoms with E-state index >= 15 is 0 Å². The number of hydrogen-bond donors (Lipinski definition) is 1. The van der Waals surface area contributed by atoms with Crippen LogP contribution in [0, 0.1) is 11.8 Å². The van der Waals surface area contributed by atoms with Gasteiger partial charge in [0.2, 0.25) is 0 Å². The summed E-state index contributed by atoms with van der Waals surface area (Å²) in [6, 6.07) is 6.28. The minimum Gasteiger partial charge on any atom is -0.493 e. The largest absolute Gasteiger partial charge is 0.493 e. The third-order valence-electron chi connectivity index (χ3n) is 4.39. The van der Waals surface area contributed by atoms with Gasteiger partial charge in [-0.2, -0.15) is 0 Å². The zero-order valence-corrected chi connectivity index (χ0v) is 12.2. The van der Waals surface area contributed by atoms with E-state index in [2.05, 4.69) is 19.1 Å². The van der Waals surface area contributed by atoms with Crippen molar-refractivity contribution in [3.63, 3.8) is 0 Å². The Morgan fingerprint density at radius 3 is 2.53 bits per heavy atom. The van der Waals surface area contributed by atoms with Crippen LogP contribution in [0.15, 0.2) is 18.2 Å². The molecule has 1 aromatic carbocycles. The van der Waals surface area contributed by atoms with Gasteiger partial charge in [-0.05, 0) is 54.8 Å². The van der Waals surface area contributed by atoms with E-state index in [1.165, 1.54) is 24.8 Å². The topological polar surface area (TPSA) is 44.5 Å². The first kappa shape index (κ1) is 14.2. The molecule has 1 aliphatic rings. The number of ether oxygens (including phenoxy) is 2. The van der Waals surface area contributed by atoms with Crippen LogP contribution in [0.1, 0.15) is 37.7 Å². The van der Waals surface area contributed by atoms with Crippen LogP contribution in [0.25, 0.3) is 0 Å². The number of benzene rings is 1. The average Bonchev–Trinajstić information content (AvgIpc) is 2.46. The van der Waals surface area contributed by atoms with Gasteiger partial charge < -0.3 is 15.2 Å². The first-order valence-corrected chi connectivity index (χ1v) is 7.11. The van der Waals surface area contributed by atoms with Crippen LogP contribution in [-0.2, 0) is 0 Å². The molecule has 2 N–H and O–H groups in total. The van der Waals surface area contributed by atoms with Crippen molar-refractivity contribution in [1.29, 1.82) is 0 Å². The molecule has 0 aliphatic heterocycles. The summed E-state index contributed by atoms with van der Waals surface area (Å²) < 4.78 is 10.7. The lowest BCUT2D eigenvalue weighted by atomic mass is 9.71. The normalized spacial score (nSPS) is 27.1. The first-order chi connectivity index (χ1) is 9.19.